The van der Waals surface area contributed by atoms with E-state index >= 15 is 4.39 Å². The molecule has 0 saturated carbocycles. The molecule has 2 aromatic carbocycles. The molecule has 1 amide bonds. The van der Waals surface area contributed by atoms with Crippen molar-refractivity contribution in [1.29, 1.82) is 5.26 Å². The lowest BCUT2D eigenvalue weighted by Gasteiger charge is -2.36. The number of ether oxygens (including phenoxy) is 1. The van der Waals surface area contributed by atoms with Crippen LogP contribution in [0.4, 0.5) is 10.1 Å². The molecule has 11 nitrogen and oxygen atoms in total. The van der Waals surface area contributed by atoms with Crippen molar-refractivity contribution >= 4 is 45.4 Å². The van der Waals surface area contributed by atoms with E-state index in [0.717, 1.165) is 68.3 Å². The van der Waals surface area contributed by atoms with Gasteiger partial charge in [0.15, 0.2) is 0 Å². The van der Waals surface area contributed by atoms with Crippen molar-refractivity contribution in [3.63, 3.8) is 0 Å². The second-order valence-corrected chi connectivity index (χ2v) is 11.8. The van der Waals surface area contributed by atoms with Gasteiger partial charge in [-0.1, -0.05) is 18.2 Å². The number of aromatic carboxylic acids is 1. The number of halogens is 1. The molecule has 0 bridgehead atoms. The van der Waals surface area contributed by atoms with Crippen molar-refractivity contribution in [2.45, 2.75) is 26.4 Å². The standard InChI is InChI=1S/C35H37FN6O5/c1-2-39-23-28(35(45)46)33(43)27-19-29(36)32(20-31(27)39)40-10-12-41(13-11-40)34(44)24(21-37)18-25-22-42(30-7-4-3-6-26(25)30)9-5-8-38-14-16-47-17-15-38/h3-4,6-7,18-20,22-23H,2,5,8-17H2,1H3,(H,45,46)/b24-18+. The maximum atomic E-state index is 15.4. The number of carbonyl (C=O) groups is 2. The summed E-state index contributed by atoms with van der Waals surface area (Å²) in [5.41, 5.74) is 1.45. The Morgan fingerprint density at radius 1 is 0.979 bits per heavy atom. The predicted molar refractivity (Wildman–Crippen MR) is 177 cm³/mol. The summed E-state index contributed by atoms with van der Waals surface area (Å²) in [6.45, 7) is 8.58. The van der Waals surface area contributed by atoms with E-state index in [-0.39, 0.29) is 35.6 Å². The van der Waals surface area contributed by atoms with Gasteiger partial charge in [-0.3, -0.25) is 14.5 Å². The highest BCUT2D eigenvalue weighted by Crippen LogP contribution is 2.28. The molecule has 0 atom stereocenters. The highest BCUT2D eigenvalue weighted by atomic mass is 19.1. The van der Waals surface area contributed by atoms with Crippen molar-refractivity contribution in [3.8, 4) is 6.07 Å². The van der Waals surface area contributed by atoms with Crippen LogP contribution in [-0.4, -0.2) is 94.9 Å². The number of carbonyl (C=O) groups excluding carboxylic acids is 1. The van der Waals surface area contributed by atoms with Crippen LogP contribution in [0.15, 0.2) is 59.2 Å². The number of fused-ring (bicyclic) bond motifs is 2. The van der Waals surface area contributed by atoms with Crippen LogP contribution in [0, 0.1) is 17.1 Å². The lowest BCUT2D eigenvalue weighted by atomic mass is 10.1. The first kappa shape index (κ1) is 32.0. The second-order valence-electron chi connectivity index (χ2n) is 11.8. The fourth-order valence-corrected chi connectivity index (χ4v) is 6.54. The van der Waals surface area contributed by atoms with Crippen molar-refractivity contribution in [1.82, 2.24) is 18.9 Å². The summed E-state index contributed by atoms with van der Waals surface area (Å²) >= 11 is 0. The van der Waals surface area contributed by atoms with Gasteiger partial charge in [0, 0.05) is 93.1 Å². The fourth-order valence-electron chi connectivity index (χ4n) is 6.54. The number of piperazine rings is 1. The number of hydrogen-bond donors (Lipinski definition) is 1. The predicted octanol–water partition coefficient (Wildman–Crippen LogP) is 3.79. The van der Waals surface area contributed by atoms with Crippen LogP contribution in [0.5, 0.6) is 0 Å². The molecule has 0 spiro atoms. The van der Waals surface area contributed by atoms with Crippen molar-refractivity contribution in [3.05, 3.63) is 81.5 Å². The molecule has 0 aliphatic carbocycles. The number of anilines is 1. The van der Waals surface area contributed by atoms with E-state index in [1.807, 2.05) is 37.4 Å². The first-order valence-electron chi connectivity index (χ1n) is 15.9. The van der Waals surface area contributed by atoms with Gasteiger partial charge in [0.2, 0.25) is 5.43 Å². The SMILES string of the molecule is CCn1cc(C(=O)O)c(=O)c2cc(F)c(N3CCN(C(=O)/C(C#N)=C/c4cn(CCCN5CCOCC5)c5ccccc45)CC3)cc21. The number of carboxylic acid groups (broad SMARTS) is 1. The molecule has 0 radical (unpaired) electrons. The average molecular weight is 641 g/mol. The van der Waals surface area contributed by atoms with Crippen molar-refractivity contribution < 1.29 is 23.8 Å². The van der Waals surface area contributed by atoms with Crippen LogP contribution in [0.1, 0.15) is 29.3 Å². The van der Waals surface area contributed by atoms with E-state index in [2.05, 4.69) is 15.5 Å². The zero-order chi connectivity index (χ0) is 33.1. The minimum absolute atomic E-state index is 0.00377. The summed E-state index contributed by atoms with van der Waals surface area (Å²) < 4.78 is 24.6. The lowest BCUT2D eigenvalue weighted by molar-refractivity contribution is -0.126. The summed E-state index contributed by atoms with van der Waals surface area (Å²) in [5, 5.41) is 20.4. The Kier molecular flexibility index (Phi) is 9.38. The van der Waals surface area contributed by atoms with E-state index in [1.165, 1.54) is 6.20 Å². The summed E-state index contributed by atoms with van der Waals surface area (Å²) in [6, 6.07) is 12.7. The number of nitriles is 1. The molecule has 4 aromatic rings. The third kappa shape index (κ3) is 6.50. The normalized spacial score (nSPS) is 16.1. The monoisotopic (exact) mass is 640 g/mol. The van der Waals surface area contributed by atoms with Gasteiger partial charge in [0.1, 0.15) is 23.0 Å². The third-order valence-electron chi connectivity index (χ3n) is 9.07. The number of benzene rings is 2. The van der Waals surface area contributed by atoms with Gasteiger partial charge in [-0.15, -0.1) is 0 Å². The summed E-state index contributed by atoms with van der Waals surface area (Å²) in [4.78, 5) is 43.7. The molecule has 2 aromatic heterocycles. The number of carboxylic acids is 1. The quantitative estimate of drug-likeness (QED) is 0.217. The smallest absolute Gasteiger partial charge is 0.341 e. The molecule has 0 unspecified atom stereocenters. The van der Waals surface area contributed by atoms with Crippen LogP contribution in [-0.2, 0) is 22.6 Å². The number of pyridine rings is 1. The number of aryl methyl sites for hydroxylation is 2. The number of morpholine rings is 1. The lowest BCUT2D eigenvalue weighted by Crippen LogP contribution is -2.49. The molecule has 1 N–H and O–H groups in total. The summed E-state index contributed by atoms with van der Waals surface area (Å²) in [6.07, 6.45) is 5.91. The first-order chi connectivity index (χ1) is 22.8. The van der Waals surface area contributed by atoms with Gasteiger partial charge in [0.05, 0.1) is 24.4 Å². The Hall–Kier alpha value is -4.99. The van der Waals surface area contributed by atoms with Crippen molar-refractivity contribution in [2.24, 2.45) is 0 Å². The maximum Gasteiger partial charge on any atom is 0.341 e. The van der Waals surface area contributed by atoms with Gasteiger partial charge < -0.3 is 28.8 Å². The Balaban J connectivity index is 1.17. The van der Waals surface area contributed by atoms with E-state index in [0.29, 0.717) is 25.2 Å². The van der Waals surface area contributed by atoms with E-state index in [1.54, 1.807) is 26.5 Å². The Labute approximate surface area is 271 Å². The Morgan fingerprint density at radius 3 is 2.43 bits per heavy atom. The van der Waals surface area contributed by atoms with Gasteiger partial charge in [-0.2, -0.15) is 5.26 Å². The number of nitrogens with zero attached hydrogens (tertiary/aromatic N) is 6. The number of rotatable bonds is 9. The van der Waals surface area contributed by atoms with E-state index in [4.69, 9.17) is 4.74 Å². The van der Waals surface area contributed by atoms with Crippen LogP contribution < -0.4 is 10.3 Å². The highest BCUT2D eigenvalue weighted by molar-refractivity contribution is 6.04. The average Bonchev–Trinajstić information content (AvgIpc) is 3.44. The number of para-hydroxylation sites is 1. The molecule has 2 fully saturated rings. The number of hydrogen-bond acceptors (Lipinski definition) is 7. The van der Waals surface area contributed by atoms with Gasteiger partial charge in [-0.05, 0) is 37.6 Å². The summed E-state index contributed by atoms with van der Waals surface area (Å²) in [5.74, 6) is -2.38. The molecule has 47 heavy (non-hydrogen) atoms. The Bertz CT molecular complexity index is 1960. The van der Waals surface area contributed by atoms with Gasteiger partial charge >= 0.3 is 5.97 Å². The molecular formula is C35H37FN6O5. The minimum atomic E-state index is -1.36. The third-order valence-corrected chi connectivity index (χ3v) is 9.07. The zero-order valence-electron chi connectivity index (χ0n) is 26.3. The largest absolute Gasteiger partial charge is 0.477 e. The van der Waals surface area contributed by atoms with Crippen LogP contribution in [0.2, 0.25) is 0 Å². The molecule has 6 rings (SSSR count). The van der Waals surface area contributed by atoms with E-state index in [9.17, 15) is 24.8 Å². The fraction of sp³-hybridized carbons (Fsp3) is 0.371. The highest BCUT2D eigenvalue weighted by Gasteiger charge is 2.27. The molecular weight excluding hydrogens is 603 g/mol. The summed E-state index contributed by atoms with van der Waals surface area (Å²) in [7, 11) is 0. The van der Waals surface area contributed by atoms with Crippen LogP contribution in [0.3, 0.4) is 0 Å². The number of amides is 1. The Morgan fingerprint density at radius 2 is 1.72 bits per heavy atom. The zero-order valence-corrected chi connectivity index (χ0v) is 26.3. The first-order valence-corrected chi connectivity index (χ1v) is 15.9. The molecule has 12 heteroatoms. The second kappa shape index (κ2) is 13.8. The molecule has 2 aliphatic rings. The number of aromatic nitrogens is 2. The molecule has 244 valence electrons. The molecule has 2 saturated heterocycles. The minimum Gasteiger partial charge on any atom is -0.477 e. The van der Waals surface area contributed by atoms with E-state index < -0.39 is 22.8 Å². The van der Waals surface area contributed by atoms with Crippen LogP contribution >= 0.6 is 0 Å². The molecule has 4 heterocycles. The topological polar surface area (TPSA) is 124 Å². The van der Waals surface area contributed by atoms with Crippen molar-refractivity contribution in [2.75, 3.05) is 63.9 Å². The van der Waals surface area contributed by atoms with Gasteiger partial charge in [0.25, 0.3) is 5.91 Å². The van der Waals surface area contributed by atoms with Gasteiger partial charge in [-0.25, -0.2) is 9.18 Å². The molecule has 2 aliphatic heterocycles. The maximum absolute atomic E-state index is 15.4. The van der Waals surface area contributed by atoms with Crippen LogP contribution in [0.25, 0.3) is 27.9 Å².